The molecule has 5 nitrogen and oxygen atoms in total. The Hall–Kier alpha value is -0.990. The van der Waals surface area contributed by atoms with Crippen molar-refractivity contribution in [1.29, 1.82) is 0 Å². The Morgan fingerprint density at radius 3 is 3.10 bits per heavy atom. The second-order valence-electron chi connectivity index (χ2n) is 4.09. The predicted octanol–water partition coefficient (Wildman–Crippen LogP) is 3.29. The number of rotatable bonds is 8. The number of nitrogens with zero attached hydrogens (tertiary/aromatic N) is 3. The molecule has 0 aliphatic heterocycles. The van der Waals surface area contributed by atoms with E-state index in [1.807, 2.05) is 16.7 Å². The first kappa shape index (κ1) is 16.4. The molecule has 2 rings (SSSR count). The van der Waals surface area contributed by atoms with E-state index < -0.39 is 5.97 Å². The van der Waals surface area contributed by atoms with Crippen LogP contribution in [0, 0.1) is 0 Å². The number of carbonyl (C=O) groups is 1. The molecule has 8 heteroatoms. The summed E-state index contributed by atoms with van der Waals surface area (Å²) in [6.45, 7) is 4.44. The van der Waals surface area contributed by atoms with Crippen LogP contribution in [0.5, 0.6) is 0 Å². The number of halogens is 1. The quantitative estimate of drug-likeness (QED) is 0.425. The molecular formula is C13H14BrN3O2S2. The minimum atomic E-state index is -0.853. The zero-order valence-corrected chi connectivity index (χ0v) is 14.4. The van der Waals surface area contributed by atoms with Gasteiger partial charge in [-0.3, -0.25) is 4.79 Å². The summed E-state index contributed by atoms with van der Waals surface area (Å²) in [4.78, 5) is 19.6. The van der Waals surface area contributed by atoms with Gasteiger partial charge in [-0.25, -0.2) is 9.97 Å². The summed E-state index contributed by atoms with van der Waals surface area (Å²) in [5.41, 5.74) is 1.55. The highest BCUT2D eigenvalue weighted by molar-refractivity contribution is 9.10. The van der Waals surface area contributed by atoms with Crippen molar-refractivity contribution in [2.45, 2.75) is 11.7 Å². The SMILES string of the molecule is C=CCSCCn1c(SCC(=O)O)nc2cc(Br)cnc21. The number of carboxylic acids is 1. The van der Waals surface area contributed by atoms with E-state index in [1.54, 1.807) is 18.0 Å². The molecule has 0 aromatic carbocycles. The maximum absolute atomic E-state index is 10.8. The summed E-state index contributed by atoms with van der Waals surface area (Å²) >= 11 is 6.36. The van der Waals surface area contributed by atoms with Gasteiger partial charge in [0.15, 0.2) is 10.8 Å². The molecule has 0 aliphatic rings. The first-order chi connectivity index (χ1) is 10.1. The van der Waals surface area contributed by atoms with Crippen molar-refractivity contribution in [3.8, 4) is 0 Å². The molecule has 0 amide bonds. The molecule has 0 saturated carbocycles. The Bertz CT molecular complexity index is 660. The van der Waals surface area contributed by atoms with Crippen LogP contribution in [0.2, 0.25) is 0 Å². The smallest absolute Gasteiger partial charge is 0.313 e. The van der Waals surface area contributed by atoms with Crippen LogP contribution < -0.4 is 0 Å². The molecule has 2 heterocycles. The van der Waals surface area contributed by atoms with E-state index in [1.165, 1.54) is 11.8 Å². The van der Waals surface area contributed by atoms with Crippen LogP contribution in [0.15, 0.2) is 34.5 Å². The third-order valence-corrected chi connectivity index (χ3v) is 4.87. The second-order valence-corrected chi connectivity index (χ2v) is 7.10. The molecule has 0 saturated heterocycles. The average Bonchev–Trinajstić information content (AvgIpc) is 2.78. The van der Waals surface area contributed by atoms with Crippen LogP contribution in [-0.2, 0) is 11.3 Å². The Morgan fingerprint density at radius 1 is 1.57 bits per heavy atom. The highest BCUT2D eigenvalue weighted by Gasteiger charge is 2.14. The maximum atomic E-state index is 10.8. The molecule has 0 radical (unpaired) electrons. The van der Waals surface area contributed by atoms with Gasteiger partial charge < -0.3 is 9.67 Å². The Labute approximate surface area is 139 Å². The van der Waals surface area contributed by atoms with Crippen molar-refractivity contribution >= 4 is 56.6 Å². The molecule has 2 aromatic rings. The fourth-order valence-electron chi connectivity index (χ4n) is 1.73. The van der Waals surface area contributed by atoms with Crippen LogP contribution in [0.25, 0.3) is 11.2 Å². The average molecular weight is 388 g/mol. The van der Waals surface area contributed by atoms with E-state index in [9.17, 15) is 4.79 Å². The Balaban J connectivity index is 2.25. The van der Waals surface area contributed by atoms with Crippen LogP contribution >= 0.6 is 39.5 Å². The lowest BCUT2D eigenvalue weighted by Crippen LogP contribution is -2.05. The molecule has 0 bridgehead atoms. The largest absolute Gasteiger partial charge is 0.481 e. The summed E-state index contributed by atoms with van der Waals surface area (Å²) < 4.78 is 2.83. The van der Waals surface area contributed by atoms with Gasteiger partial charge in [0.1, 0.15) is 5.52 Å². The highest BCUT2D eigenvalue weighted by Crippen LogP contribution is 2.25. The zero-order chi connectivity index (χ0) is 15.2. The number of aromatic nitrogens is 3. The van der Waals surface area contributed by atoms with E-state index in [4.69, 9.17) is 5.11 Å². The number of hydrogen-bond donors (Lipinski definition) is 1. The van der Waals surface area contributed by atoms with Crippen molar-refractivity contribution in [2.24, 2.45) is 0 Å². The second kappa shape index (κ2) is 7.86. The summed E-state index contributed by atoms with van der Waals surface area (Å²) in [7, 11) is 0. The number of imidazole rings is 1. The third-order valence-electron chi connectivity index (χ3n) is 2.54. The molecule has 1 N–H and O–H groups in total. The molecule has 0 fully saturated rings. The summed E-state index contributed by atoms with van der Waals surface area (Å²) in [6, 6.07) is 1.89. The lowest BCUT2D eigenvalue weighted by molar-refractivity contribution is -0.133. The first-order valence-electron chi connectivity index (χ1n) is 6.17. The van der Waals surface area contributed by atoms with Gasteiger partial charge in [-0.05, 0) is 22.0 Å². The third kappa shape index (κ3) is 4.49. The molecule has 0 atom stereocenters. The number of fused-ring (bicyclic) bond motifs is 1. The van der Waals surface area contributed by atoms with Crippen LogP contribution in [0.1, 0.15) is 0 Å². The maximum Gasteiger partial charge on any atom is 0.313 e. The van der Waals surface area contributed by atoms with Gasteiger partial charge in [0.2, 0.25) is 0 Å². The van der Waals surface area contributed by atoms with Gasteiger partial charge in [0.05, 0.1) is 5.75 Å². The standard InChI is InChI=1S/C13H14BrN3O2S2/c1-2-4-20-5-3-17-12-10(6-9(14)7-15-12)16-13(17)21-8-11(18)19/h2,6-7H,1,3-5,8H2,(H,18,19). The predicted molar refractivity (Wildman–Crippen MR) is 91.1 cm³/mol. The molecule has 21 heavy (non-hydrogen) atoms. The van der Waals surface area contributed by atoms with Gasteiger partial charge in [-0.1, -0.05) is 17.8 Å². The minimum absolute atomic E-state index is 0.00963. The normalized spacial score (nSPS) is 10.9. The van der Waals surface area contributed by atoms with Gasteiger partial charge in [-0.2, -0.15) is 11.8 Å². The molecule has 0 spiro atoms. The number of carboxylic acid groups (broad SMARTS) is 1. The van der Waals surface area contributed by atoms with Crippen molar-refractivity contribution in [3.05, 3.63) is 29.4 Å². The number of aliphatic carboxylic acids is 1. The van der Waals surface area contributed by atoms with Gasteiger partial charge in [0, 0.05) is 28.7 Å². The van der Waals surface area contributed by atoms with Crippen molar-refractivity contribution < 1.29 is 9.90 Å². The molecular weight excluding hydrogens is 374 g/mol. The fraction of sp³-hybridized carbons (Fsp3) is 0.308. The lowest BCUT2D eigenvalue weighted by Gasteiger charge is -2.06. The Kier molecular flexibility index (Phi) is 6.13. The molecule has 112 valence electrons. The molecule has 0 unspecified atom stereocenters. The van der Waals surface area contributed by atoms with Crippen molar-refractivity contribution in [3.63, 3.8) is 0 Å². The van der Waals surface area contributed by atoms with Crippen LogP contribution in [0.4, 0.5) is 0 Å². The zero-order valence-electron chi connectivity index (χ0n) is 11.2. The van der Waals surface area contributed by atoms with E-state index in [0.29, 0.717) is 5.16 Å². The topological polar surface area (TPSA) is 68.0 Å². The molecule has 0 aliphatic carbocycles. The van der Waals surface area contributed by atoms with Gasteiger partial charge in [-0.15, -0.1) is 6.58 Å². The number of hydrogen-bond acceptors (Lipinski definition) is 5. The number of thioether (sulfide) groups is 2. The van der Waals surface area contributed by atoms with E-state index in [0.717, 1.165) is 33.7 Å². The van der Waals surface area contributed by atoms with Crippen molar-refractivity contribution in [1.82, 2.24) is 14.5 Å². The monoisotopic (exact) mass is 387 g/mol. The minimum Gasteiger partial charge on any atom is -0.481 e. The van der Waals surface area contributed by atoms with E-state index in [-0.39, 0.29) is 5.75 Å². The number of aryl methyl sites for hydroxylation is 1. The van der Waals surface area contributed by atoms with E-state index in [2.05, 4.69) is 32.5 Å². The Morgan fingerprint density at radius 2 is 2.38 bits per heavy atom. The van der Waals surface area contributed by atoms with Crippen LogP contribution in [-0.4, -0.2) is 42.9 Å². The lowest BCUT2D eigenvalue weighted by atomic mass is 10.4. The summed E-state index contributed by atoms with van der Waals surface area (Å²) in [5.74, 6) is 0.928. The summed E-state index contributed by atoms with van der Waals surface area (Å²) in [5, 5.41) is 9.53. The van der Waals surface area contributed by atoms with Crippen LogP contribution in [0.3, 0.4) is 0 Å². The fourth-order valence-corrected chi connectivity index (χ4v) is 3.44. The number of pyridine rings is 1. The molecule has 2 aromatic heterocycles. The highest BCUT2D eigenvalue weighted by atomic mass is 79.9. The van der Waals surface area contributed by atoms with Gasteiger partial charge >= 0.3 is 5.97 Å². The van der Waals surface area contributed by atoms with Gasteiger partial charge in [0.25, 0.3) is 0 Å². The van der Waals surface area contributed by atoms with E-state index >= 15 is 0 Å². The summed E-state index contributed by atoms with van der Waals surface area (Å²) in [6.07, 6.45) is 3.59. The van der Waals surface area contributed by atoms with Crippen molar-refractivity contribution in [2.75, 3.05) is 17.3 Å². The first-order valence-corrected chi connectivity index (χ1v) is 9.10.